The van der Waals surface area contributed by atoms with Gasteiger partial charge < -0.3 is 14.5 Å². The monoisotopic (exact) mass is 396 g/mol. The van der Waals surface area contributed by atoms with E-state index in [4.69, 9.17) is 9.72 Å². The molecule has 10 heteroatoms. The second kappa shape index (κ2) is 8.10. The van der Waals surface area contributed by atoms with Gasteiger partial charge in [-0.25, -0.2) is 19.9 Å². The number of anilines is 1. The molecule has 1 saturated heterocycles. The minimum Gasteiger partial charge on any atom is -0.378 e. The SMILES string of the molecule is COC1CNCCC1N(NC(=O)c1cncnc1)c1cn2cc(C)nc2c(C)n1. The fourth-order valence-corrected chi connectivity index (χ4v) is 3.63. The van der Waals surface area contributed by atoms with Crippen LogP contribution >= 0.6 is 0 Å². The Morgan fingerprint density at radius 3 is 2.83 bits per heavy atom. The van der Waals surface area contributed by atoms with Crippen LogP contribution in [0.5, 0.6) is 0 Å². The van der Waals surface area contributed by atoms with E-state index < -0.39 is 0 Å². The van der Waals surface area contributed by atoms with Crippen LogP contribution < -0.4 is 15.8 Å². The third-order valence-corrected chi connectivity index (χ3v) is 5.03. The number of hydrogen-bond acceptors (Lipinski definition) is 8. The zero-order valence-electron chi connectivity index (χ0n) is 16.7. The summed E-state index contributed by atoms with van der Waals surface area (Å²) in [5.74, 6) is 0.312. The predicted molar refractivity (Wildman–Crippen MR) is 107 cm³/mol. The van der Waals surface area contributed by atoms with E-state index in [2.05, 4.69) is 25.7 Å². The van der Waals surface area contributed by atoms with Crippen molar-refractivity contribution >= 4 is 17.4 Å². The van der Waals surface area contributed by atoms with Crippen LogP contribution in [0.1, 0.15) is 28.2 Å². The second-order valence-electron chi connectivity index (χ2n) is 7.07. The van der Waals surface area contributed by atoms with E-state index >= 15 is 0 Å². The van der Waals surface area contributed by atoms with Gasteiger partial charge in [-0.3, -0.25) is 15.2 Å². The molecule has 2 unspecified atom stereocenters. The van der Waals surface area contributed by atoms with Crippen molar-refractivity contribution in [1.82, 2.24) is 35.1 Å². The van der Waals surface area contributed by atoms with Crippen molar-refractivity contribution in [3.63, 3.8) is 0 Å². The van der Waals surface area contributed by atoms with Crippen molar-refractivity contribution in [3.8, 4) is 0 Å². The maximum Gasteiger partial charge on any atom is 0.272 e. The smallest absolute Gasteiger partial charge is 0.272 e. The molecular formula is C19H24N8O2. The van der Waals surface area contributed by atoms with Gasteiger partial charge in [0.1, 0.15) is 6.33 Å². The highest BCUT2D eigenvalue weighted by Gasteiger charge is 2.33. The number of imidazole rings is 1. The first kappa shape index (κ1) is 19.2. The number of methoxy groups -OCH3 is 1. The highest BCUT2D eigenvalue weighted by atomic mass is 16.5. The summed E-state index contributed by atoms with van der Waals surface area (Å²) in [4.78, 5) is 30.0. The highest BCUT2D eigenvalue weighted by molar-refractivity contribution is 5.94. The molecule has 1 amide bonds. The van der Waals surface area contributed by atoms with Gasteiger partial charge in [0.15, 0.2) is 11.5 Å². The number of hydrazine groups is 1. The lowest BCUT2D eigenvalue weighted by atomic mass is 10.0. The summed E-state index contributed by atoms with van der Waals surface area (Å²) in [5, 5.41) is 5.13. The first-order valence-corrected chi connectivity index (χ1v) is 9.48. The maximum absolute atomic E-state index is 12.9. The van der Waals surface area contributed by atoms with Gasteiger partial charge >= 0.3 is 0 Å². The first-order valence-electron chi connectivity index (χ1n) is 9.48. The van der Waals surface area contributed by atoms with Crippen LogP contribution in [0.4, 0.5) is 5.82 Å². The molecule has 3 aromatic heterocycles. The lowest BCUT2D eigenvalue weighted by Crippen LogP contribution is -2.59. The third-order valence-electron chi connectivity index (χ3n) is 5.03. The molecule has 0 spiro atoms. The molecule has 4 rings (SSSR count). The molecule has 2 N–H and O–H groups in total. The topological polar surface area (TPSA) is 110 Å². The van der Waals surface area contributed by atoms with Crippen LogP contribution in [-0.2, 0) is 4.74 Å². The minimum atomic E-state index is -0.305. The predicted octanol–water partition coefficient (Wildman–Crippen LogP) is 0.664. The number of aromatic nitrogens is 5. The summed E-state index contributed by atoms with van der Waals surface area (Å²) in [6.07, 6.45) is 8.84. The molecule has 0 aliphatic carbocycles. The molecule has 4 heterocycles. The fraction of sp³-hybridized carbons (Fsp3) is 0.421. The summed E-state index contributed by atoms with van der Waals surface area (Å²) in [6.45, 7) is 5.35. The number of carbonyl (C=O) groups excluding carboxylic acids is 1. The molecule has 0 bridgehead atoms. The van der Waals surface area contributed by atoms with Gasteiger partial charge in [0.2, 0.25) is 0 Å². The number of nitrogens with zero attached hydrogens (tertiary/aromatic N) is 6. The molecule has 2 atom stereocenters. The molecule has 3 aromatic rings. The third kappa shape index (κ3) is 3.89. The Morgan fingerprint density at radius 2 is 2.07 bits per heavy atom. The zero-order valence-corrected chi connectivity index (χ0v) is 16.7. The van der Waals surface area contributed by atoms with Crippen LogP contribution in [0.2, 0.25) is 0 Å². The number of hydrogen-bond donors (Lipinski definition) is 2. The van der Waals surface area contributed by atoms with Gasteiger partial charge in [-0.2, -0.15) is 0 Å². The van der Waals surface area contributed by atoms with Crippen molar-refractivity contribution in [2.75, 3.05) is 25.2 Å². The Balaban J connectivity index is 1.74. The largest absolute Gasteiger partial charge is 0.378 e. The molecule has 1 fully saturated rings. The van der Waals surface area contributed by atoms with Crippen LogP contribution in [0.25, 0.3) is 5.65 Å². The molecule has 1 aliphatic rings. The van der Waals surface area contributed by atoms with E-state index in [0.717, 1.165) is 30.0 Å². The van der Waals surface area contributed by atoms with Gasteiger partial charge in [0, 0.05) is 32.2 Å². The quantitative estimate of drug-likeness (QED) is 0.606. The number of amides is 1. The number of piperidine rings is 1. The van der Waals surface area contributed by atoms with E-state index in [0.29, 0.717) is 17.9 Å². The van der Waals surface area contributed by atoms with Gasteiger partial charge in [-0.05, 0) is 26.8 Å². The number of carbonyl (C=O) groups is 1. The summed E-state index contributed by atoms with van der Waals surface area (Å²) in [7, 11) is 1.68. The van der Waals surface area contributed by atoms with Crippen LogP contribution in [0, 0.1) is 13.8 Å². The van der Waals surface area contributed by atoms with E-state index in [1.165, 1.54) is 18.7 Å². The summed E-state index contributed by atoms with van der Waals surface area (Å²) < 4.78 is 7.62. The maximum atomic E-state index is 12.9. The van der Waals surface area contributed by atoms with Gasteiger partial charge in [-0.1, -0.05) is 0 Å². The Hall–Kier alpha value is -3.11. The van der Waals surface area contributed by atoms with Crippen molar-refractivity contribution in [1.29, 1.82) is 0 Å². The van der Waals surface area contributed by atoms with Gasteiger partial charge in [0.05, 0.1) is 35.3 Å². The van der Waals surface area contributed by atoms with Crippen molar-refractivity contribution in [2.45, 2.75) is 32.4 Å². The Bertz CT molecular complexity index is 1010. The second-order valence-corrected chi connectivity index (χ2v) is 7.07. The zero-order chi connectivity index (χ0) is 20.4. The normalized spacial score (nSPS) is 19.3. The number of aryl methyl sites for hydroxylation is 2. The van der Waals surface area contributed by atoms with Gasteiger partial charge in [0.25, 0.3) is 5.91 Å². The summed E-state index contributed by atoms with van der Waals surface area (Å²) in [5.41, 5.74) is 5.84. The van der Waals surface area contributed by atoms with Gasteiger partial charge in [-0.15, -0.1) is 0 Å². The first-order chi connectivity index (χ1) is 14.1. The highest BCUT2D eigenvalue weighted by Crippen LogP contribution is 2.22. The van der Waals surface area contributed by atoms with E-state index in [1.807, 2.05) is 30.6 Å². The molecule has 10 nitrogen and oxygen atoms in total. The number of rotatable bonds is 5. The minimum absolute atomic E-state index is 0.0937. The van der Waals surface area contributed by atoms with Crippen LogP contribution in [0.3, 0.4) is 0 Å². The Kier molecular flexibility index (Phi) is 5.36. The van der Waals surface area contributed by atoms with Crippen molar-refractivity contribution in [3.05, 3.63) is 48.1 Å². The lowest BCUT2D eigenvalue weighted by Gasteiger charge is -2.39. The molecule has 0 saturated carbocycles. The number of ether oxygens (including phenoxy) is 1. The summed E-state index contributed by atoms with van der Waals surface area (Å²) >= 11 is 0. The average molecular weight is 396 g/mol. The van der Waals surface area contributed by atoms with Crippen LogP contribution in [0.15, 0.2) is 31.1 Å². The Labute approximate surface area is 168 Å². The van der Waals surface area contributed by atoms with E-state index in [9.17, 15) is 4.79 Å². The van der Waals surface area contributed by atoms with Crippen molar-refractivity contribution < 1.29 is 9.53 Å². The number of nitrogens with one attached hydrogen (secondary N) is 2. The molecule has 1 aliphatic heterocycles. The molecular weight excluding hydrogens is 372 g/mol. The van der Waals surface area contributed by atoms with Crippen LogP contribution in [-0.4, -0.2) is 62.6 Å². The van der Waals surface area contributed by atoms with E-state index in [-0.39, 0.29) is 18.1 Å². The summed E-state index contributed by atoms with van der Waals surface area (Å²) in [6, 6.07) is -0.0937. The van der Waals surface area contributed by atoms with E-state index in [1.54, 1.807) is 12.1 Å². The fourth-order valence-electron chi connectivity index (χ4n) is 3.63. The lowest BCUT2D eigenvalue weighted by molar-refractivity contribution is 0.0562. The standard InChI is InChI=1S/C19H24N8O2/c1-12-9-26-10-17(24-13(2)18(26)23-12)27(15-4-5-20-8-16(15)29-3)25-19(28)14-6-21-11-22-7-14/h6-7,9-11,15-16,20H,4-5,8H2,1-3H3,(H,25,28). The molecule has 152 valence electrons. The average Bonchev–Trinajstić information content (AvgIpc) is 3.13. The number of fused-ring (bicyclic) bond motifs is 1. The molecule has 29 heavy (non-hydrogen) atoms. The molecule has 0 radical (unpaired) electrons. The Morgan fingerprint density at radius 1 is 1.28 bits per heavy atom. The molecule has 0 aromatic carbocycles. The van der Waals surface area contributed by atoms with Crippen molar-refractivity contribution in [2.24, 2.45) is 0 Å².